The molecule has 1 aliphatic carbocycles. The molecule has 0 radical (unpaired) electrons. The molecule has 0 aromatic carbocycles. The van der Waals surface area contributed by atoms with Crippen molar-refractivity contribution < 1.29 is 0 Å². The van der Waals surface area contributed by atoms with Gasteiger partial charge in [-0.3, -0.25) is 5.32 Å². The van der Waals surface area contributed by atoms with Gasteiger partial charge in [-0.25, -0.2) is 10.9 Å². The number of rotatable bonds is 2. The zero-order valence-electron chi connectivity index (χ0n) is 7.71. The van der Waals surface area contributed by atoms with Crippen LogP contribution < -0.4 is 16.2 Å². The molecule has 4 rings (SSSR count). The van der Waals surface area contributed by atoms with Crippen molar-refractivity contribution >= 4 is 9.24 Å². The highest BCUT2D eigenvalue weighted by atomic mass is 31.0. The molecule has 3 N–H and O–H groups in total. The van der Waals surface area contributed by atoms with Gasteiger partial charge in [0.2, 0.25) is 0 Å². The van der Waals surface area contributed by atoms with E-state index in [-0.39, 0.29) is 5.66 Å². The smallest absolute Gasteiger partial charge is 0.0853 e. The van der Waals surface area contributed by atoms with Crippen LogP contribution in [0.25, 0.3) is 0 Å². The molecule has 0 spiro atoms. The first kappa shape index (κ1) is 8.57. The van der Waals surface area contributed by atoms with E-state index in [1.165, 1.54) is 19.3 Å². The maximum atomic E-state index is 3.56. The fraction of sp³-hybridized carbons (Fsp3) is 1.00. The Morgan fingerprint density at radius 1 is 1.54 bits per heavy atom. The van der Waals surface area contributed by atoms with Gasteiger partial charge in [0.25, 0.3) is 0 Å². The Kier molecular flexibility index (Phi) is 1.90. The maximum Gasteiger partial charge on any atom is 0.0853 e. The summed E-state index contributed by atoms with van der Waals surface area (Å²) in [5.41, 5.74) is 7.19. The van der Waals surface area contributed by atoms with Gasteiger partial charge in [0.1, 0.15) is 0 Å². The molecule has 3 heterocycles. The van der Waals surface area contributed by atoms with Gasteiger partial charge in [0.05, 0.1) is 5.66 Å². The van der Waals surface area contributed by atoms with Crippen molar-refractivity contribution in [2.45, 2.75) is 31.0 Å². The lowest BCUT2D eigenvalue weighted by molar-refractivity contribution is -0.133. The number of hydrogen-bond donors (Lipinski definition) is 3. The van der Waals surface area contributed by atoms with Crippen molar-refractivity contribution in [2.24, 2.45) is 5.92 Å². The minimum Gasteiger partial charge on any atom is -0.295 e. The zero-order chi connectivity index (χ0) is 8.89. The minimum absolute atomic E-state index is 0.193. The van der Waals surface area contributed by atoms with Gasteiger partial charge in [0.15, 0.2) is 0 Å². The monoisotopic (exact) mass is 200 g/mol. The first-order chi connectivity index (χ1) is 6.30. The molecular formula is C8H17N4P. The average molecular weight is 200 g/mol. The second kappa shape index (κ2) is 2.88. The molecule has 4 aliphatic rings. The Balaban J connectivity index is 1.83. The molecule has 5 heteroatoms. The fourth-order valence-electron chi connectivity index (χ4n) is 3.14. The van der Waals surface area contributed by atoms with Gasteiger partial charge in [-0.1, -0.05) is 0 Å². The Morgan fingerprint density at radius 2 is 2.46 bits per heavy atom. The fourth-order valence-corrected chi connectivity index (χ4v) is 3.53. The summed E-state index contributed by atoms with van der Waals surface area (Å²) >= 11 is 0. The van der Waals surface area contributed by atoms with Crippen LogP contribution in [0.5, 0.6) is 0 Å². The predicted molar refractivity (Wildman–Crippen MR) is 54.6 cm³/mol. The third-order valence-corrected chi connectivity index (χ3v) is 3.62. The van der Waals surface area contributed by atoms with Crippen molar-refractivity contribution in [2.75, 3.05) is 12.8 Å². The Bertz CT molecular complexity index is 185. The first-order valence-corrected chi connectivity index (χ1v) is 5.88. The topological polar surface area (TPSA) is 39.3 Å². The Labute approximate surface area is 81.0 Å². The van der Waals surface area contributed by atoms with E-state index in [2.05, 4.69) is 30.5 Å². The highest BCUT2D eigenvalue weighted by Crippen LogP contribution is 2.38. The standard InChI is InChI=1S/C8H17N4P/c13-5-9-8-2-6-1-7(3-8)10-12(4-6)11-8/h6-7,9-11H,1-5,13H2. The summed E-state index contributed by atoms with van der Waals surface area (Å²) in [4.78, 5) is 0. The molecule has 5 atom stereocenters. The van der Waals surface area contributed by atoms with Crippen LogP contribution in [0.3, 0.4) is 0 Å². The SMILES string of the molecule is PCNC12CC3CC(C1)NN(C3)N2. The van der Waals surface area contributed by atoms with E-state index in [4.69, 9.17) is 0 Å². The normalized spacial score (nSPS) is 52.8. The van der Waals surface area contributed by atoms with Gasteiger partial charge >= 0.3 is 0 Å². The van der Waals surface area contributed by atoms with Crippen molar-refractivity contribution in [3.63, 3.8) is 0 Å². The van der Waals surface area contributed by atoms with Gasteiger partial charge in [0, 0.05) is 18.9 Å². The van der Waals surface area contributed by atoms with Crippen LogP contribution in [0.4, 0.5) is 0 Å². The van der Waals surface area contributed by atoms with Crippen molar-refractivity contribution in [1.29, 1.82) is 0 Å². The molecular weight excluding hydrogens is 183 g/mol. The second-order valence-corrected chi connectivity index (χ2v) is 4.93. The van der Waals surface area contributed by atoms with Crippen LogP contribution in [0.2, 0.25) is 0 Å². The van der Waals surface area contributed by atoms with Crippen LogP contribution in [0, 0.1) is 5.92 Å². The summed E-state index contributed by atoms with van der Waals surface area (Å²) in [7, 11) is 2.75. The van der Waals surface area contributed by atoms with E-state index in [1.807, 2.05) is 0 Å². The molecule has 3 saturated heterocycles. The van der Waals surface area contributed by atoms with E-state index in [0.717, 1.165) is 18.7 Å². The zero-order valence-corrected chi connectivity index (χ0v) is 8.87. The summed E-state index contributed by atoms with van der Waals surface area (Å²) in [6.07, 6.45) is 4.84. The molecule has 0 aromatic heterocycles. The van der Waals surface area contributed by atoms with E-state index >= 15 is 0 Å². The van der Waals surface area contributed by atoms with Crippen LogP contribution in [-0.4, -0.2) is 29.7 Å². The number of nitrogens with zero attached hydrogens (tertiary/aromatic N) is 1. The molecule has 5 unspecified atom stereocenters. The van der Waals surface area contributed by atoms with E-state index in [9.17, 15) is 0 Å². The average Bonchev–Trinajstić information content (AvgIpc) is 2.00. The van der Waals surface area contributed by atoms with Crippen LogP contribution in [-0.2, 0) is 0 Å². The van der Waals surface area contributed by atoms with Crippen LogP contribution in [0.1, 0.15) is 19.3 Å². The predicted octanol–water partition coefficient (Wildman–Crippen LogP) is -0.388. The third kappa shape index (κ3) is 1.32. The Hall–Kier alpha value is 0.270. The molecule has 4 fully saturated rings. The lowest BCUT2D eigenvalue weighted by atomic mass is 9.75. The highest BCUT2D eigenvalue weighted by molar-refractivity contribution is 7.16. The quantitative estimate of drug-likeness (QED) is 0.531. The van der Waals surface area contributed by atoms with Gasteiger partial charge in [-0.15, -0.1) is 9.24 Å². The second-order valence-electron chi connectivity index (χ2n) is 4.52. The summed E-state index contributed by atoms with van der Waals surface area (Å²) < 4.78 is 0. The molecule has 0 amide bonds. The molecule has 4 nitrogen and oxygen atoms in total. The maximum absolute atomic E-state index is 3.56. The van der Waals surface area contributed by atoms with Crippen molar-refractivity contribution in [1.82, 2.24) is 21.3 Å². The molecule has 1 saturated carbocycles. The summed E-state index contributed by atoms with van der Waals surface area (Å²) in [5, 5.41) is 5.74. The third-order valence-electron chi connectivity index (χ3n) is 3.42. The molecule has 4 bridgehead atoms. The summed E-state index contributed by atoms with van der Waals surface area (Å²) in [6.45, 7) is 1.16. The van der Waals surface area contributed by atoms with Gasteiger partial charge < -0.3 is 0 Å². The van der Waals surface area contributed by atoms with Crippen molar-refractivity contribution in [3.05, 3.63) is 0 Å². The van der Waals surface area contributed by atoms with Crippen molar-refractivity contribution in [3.8, 4) is 0 Å². The lowest BCUT2D eigenvalue weighted by Crippen LogP contribution is -2.79. The minimum atomic E-state index is 0.193. The number of hydrazine groups is 2. The van der Waals surface area contributed by atoms with Gasteiger partial charge in [-0.2, -0.15) is 5.12 Å². The molecule has 0 aromatic rings. The largest absolute Gasteiger partial charge is 0.295 e. The summed E-state index contributed by atoms with van der Waals surface area (Å²) in [5.74, 6) is 0.880. The summed E-state index contributed by atoms with van der Waals surface area (Å²) in [6, 6.07) is 0.692. The molecule has 13 heavy (non-hydrogen) atoms. The number of hydrogen-bond acceptors (Lipinski definition) is 4. The van der Waals surface area contributed by atoms with Gasteiger partial charge in [-0.05, 0) is 25.2 Å². The first-order valence-electron chi connectivity index (χ1n) is 5.06. The van der Waals surface area contributed by atoms with Crippen LogP contribution >= 0.6 is 9.24 Å². The molecule has 3 aliphatic heterocycles. The molecule has 74 valence electrons. The van der Waals surface area contributed by atoms with E-state index in [1.54, 1.807) is 0 Å². The number of nitrogens with one attached hydrogen (secondary N) is 3. The van der Waals surface area contributed by atoms with E-state index < -0.39 is 0 Å². The highest BCUT2D eigenvalue weighted by Gasteiger charge is 2.49. The van der Waals surface area contributed by atoms with Crippen LogP contribution in [0.15, 0.2) is 0 Å². The lowest BCUT2D eigenvalue weighted by Gasteiger charge is -2.58. The van der Waals surface area contributed by atoms with E-state index in [0.29, 0.717) is 6.04 Å². The Morgan fingerprint density at radius 3 is 3.15 bits per heavy atom.